The second-order valence-corrected chi connectivity index (χ2v) is 4.53. The van der Waals surface area contributed by atoms with Gasteiger partial charge in [0.25, 0.3) is 0 Å². The molecule has 2 rings (SSSR count). The van der Waals surface area contributed by atoms with Gasteiger partial charge in [0.05, 0.1) is 4.47 Å². The average Bonchev–Trinajstić information content (AvgIpc) is 2.23. The van der Waals surface area contributed by atoms with E-state index in [2.05, 4.69) is 21.2 Å². The van der Waals surface area contributed by atoms with E-state index in [1.165, 1.54) is 12.8 Å². The lowest BCUT2D eigenvalue weighted by atomic mass is 9.98. The number of nitrogens with one attached hydrogen (secondary N) is 1. The Hall–Kier alpha value is -0.410. The maximum absolute atomic E-state index is 13.3. The summed E-state index contributed by atoms with van der Waals surface area (Å²) in [5.74, 6) is -0.171. The average molecular weight is 258 g/mol. The predicted molar refractivity (Wildman–Crippen MR) is 58.7 cm³/mol. The molecule has 0 spiro atoms. The molecule has 1 unspecified atom stereocenters. The van der Waals surface area contributed by atoms with E-state index < -0.39 is 0 Å². The Labute approximate surface area is 91.8 Å². The first-order chi connectivity index (χ1) is 6.77. The minimum absolute atomic E-state index is 0.171. The molecule has 0 radical (unpaired) electrons. The zero-order valence-corrected chi connectivity index (χ0v) is 9.48. The van der Waals surface area contributed by atoms with Crippen LogP contribution in [-0.4, -0.2) is 6.54 Å². The SMILES string of the molecule is Fc1cc(C2CCCCN2)ccc1Br. The number of piperidine rings is 1. The van der Waals surface area contributed by atoms with Gasteiger partial charge in [0.1, 0.15) is 5.82 Å². The van der Waals surface area contributed by atoms with E-state index in [1.54, 1.807) is 12.1 Å². The minimum Gasteiger partial charge on any atom is -0.310 e. The molecular weight excluding hydrogens is 245 g/mol. The molecule has 3 heteroatoms. The lowest BCUT2D eigenvalue weighted by Crippen LogP contribution is -2.26. The second kappa shape index (κ2) is 4.41. The number of rotatable bonds is 1. The fourth-order valence-corrected chi connectivity index (χ4v) is 2.11. The Morgan fingerprint density at radius 1 is 1.36 bits per heavy atom. The number of hydrogen-bond donors (Lipinski definition) is 1. The molecule has 0 saturated carbocycles. The van der Waals surface area contributed by atoms with Gasteiger partial charge in [-0.25, -0.2) is 4.39 Å². The van der Waals surface area contributed by atoms with E-state index >= 15 is 0 Å². The van der Waals surface area contributed by atoms with Gasteiger partial charge in [-0.3, -0.25) is 0 Å². The van der Waals surface area contributed by atoms with Crippen molar-refractivity contribution in [2.45, 2.75) is 25.3 Å². The van der Waals surface area contributed by atoms with Crippen LogP contribution in [0.25, 0.3) is 0 Å². The van der Waals surface area contributed by atoms with Crippen molar-refractivity contribution in [3.63, 3.8) is 0 Å². The summed E-state index contributed by atoms with van der Waals surface area (Å²) >= 11 is 3.16. The fourth-order valence-electron chi connectivity index (χ4n) is 1.87. The normalized spacial score (nSPS) is 22.3. The van der Waals surface area contributed by atoms with Gasteiger partial charge >= 0.3 is 0 Å². The van der Waals surface area contributed by atoms with Gasteiger partial charge in [-0.2, -0.15) is 0 Å². The second-order valence-electron chi connectivity index (χ2n) is 3.68. The van der Waals surface area contributed by atoms with E-state index in [4.69, 9.17) is 0 Å². The third-order valence-corrected chi connectivity index (χ3v) is 3.30. The van der Waals surface area contributed by atoms with Crippen molar-refractivity contribution in [3.05, 3.63) is 34.1 Å². The van der Waals surface area contributed by atoms with Crippen LogP contribution in [0.1, 0.15) is 30.9 Å². The number of benzene rings is 1. The maximum Gasteiger partial charge on any atom is 0.137 e. The van der Waals surface area contributed by atoms with E-state index in [1.807, 2.05) is 6.07 Å². The van der Waals surface area contributed by atoms with Crippen molar-refractivity contribution in [3.8, 4) is 0 Å². The molecule has 1 aliphatic rings. The van der Waals surface area contributed by atoms with Crippen LogP contribution in [0.2, 0.25) is 0 Å². The van der Waals surface area contributed by atoms with Crippen LogP contribution in [0.4, 0.5) is 4.39 Å². The molecule has 1 aromatic rings. The van der Waals surface area contributed by atoms with Gasteiger partial charge in [0, 0.05) is 6.04 Å². The first kappa shape index (κ1) is 10.1. The highest BCUT2D eigenvalue weighted by Gasteiger charge is 2.15. The van der Waals surface area contributed by atoms with Gasteiger partial charge in [-0.05, 0) is 53.0 Å². The van der Waals surface area contributed by atoms with Gasteiger partial charge in [0.2, 0.25) is 0 Å². The molecular formula is C11H13BrFN. The van der Waals surface area contributed by atoms with E-state index in [0.29, 0.717) is 10.5 Å². The van der Waals surface area contributed by atoms with E-state index in [0.717, 1.165) is 18.5 Å². The molecule has 0 bridgehead atoms. The van der Waals surface area contributed by atoms with E-state index in [9.17, 15) is 4.39 Å². The summed E-state index contributed by atoms with van der Waals surface area (Å²) in [5.41, 5.74) is 1.06. The molecule has 0 aromatic heterocycles. The molecule has 0 aliphatic carbocycles. The zero-order chi connectivity index (χ0) is 9.97. The largest absolute Gasteiger partial charge is 0.310 e. The number of halogens is 2. The summed E-state index contributed by atoms with van der Waals surface area (Å²) in [5, 5.41) is 3.40. The summed E-state index contributed by atoms with van der Waals surface area (Å²) in [4.78, 5) is 0. The molecule has 1 nitrogen and oxygen atoms in total. The van der Waals surface area contributed by atoms with Crippen LogP contribution in [0.15, 0.2) is 22.7 Å². The molecule has 14 heavy (non-hydrogen) atoms. The number of hydrogen-bond acceptors (Lipinski definition) is 1. The minimum atomic E-state index is -0.171. The van der Waals surface area contributed by atoms with Gasteiger partial charge < -0.3 is 5.32 Å². The molecule has 1 aromatic carbocycles. The highest BCUT2D eigenvalue weighted by atomic mass is 79.9. The first-order valence-electron chi connectivity index (χ1n) is 4.96. The summed E-state index contributed by atoms with van der Waals surface area (Å²) in [6, 6.07) is 5.72. The van der Waals surface area contributed by atoms with Crippen molar-refractivity contribution in [2.75, 3.05) is 6.54 Å². The van der Waals surface area contributed by atoms with Crippen LogP contribution in [0.3, 0.4) is 0 Å². The van der Waals surface area contributed by atoms with Crippen molar-refractivity contribution >= 4 is 15.9 Å². The van der Waals surface area contributed by atoms with Crippen LogP contribution in [-0.2, 0) is 0 Å². The third-order valence-electron chi connectivity index (χ3n) is 2.66. The summed E-state index contributed by atoms with van der Waals surface area (Å²) in [7, 11) is 0. The molecule has 1 saturated heterocycles. The quantitative estimate of drug-likeness (QED) is 0.814. The summed E-state index contributed by atoms with van der Waals surface area (Å²) in [6.45, 7) is 1.04. The topological polar surface area (TPSA) is 12.0 Å². The molecule has 1 aliphatic heterocycles. The van der Waals surface area contributed by atoms with Crippen molar-refractivity contribution in [1.29, 1.82) is 0 Å². The van der Waals surface area contributed by atoms with Gasteiger partial charge in [-0.1, -0.05) is 12.5 Å². The Bertz CT molecular complexity index is 321. The van der Waals surface area contributed by atoms with Gasteiger partial charge in [-0.15, -0.1) is 0 Å². The monoisotopic (exact) mass is 257 g/mol. The third kappa shape index (κ3) is 2.15. The molecule has 1 fully saturated rings. The van der Waals surface area contributed by atoms with E-state index in [-0.39, 0.29) is 5.82 Å². The van der Waals surface area contributed by atoms with Crippen LogP contribution in [0.5, 0.6) is 0 Å². The van der Waals surface area contributed by atoms with Crippen molar-refractivity contribution < 1.29 is 4.39 Å². The molecule has 1 heterocycles. The maximum atomic E-state index is 13.3. The fraction of sp³-hybridized carbons (Fsp3) is 0.455. The standard InChI is InChI=1S/C11H13BrFN/c12-9-5-4-8(7-10(9)13)11-3-1-2-6-14-11/h4-5,7,11,14H,1-3,6H2. The lowest BCUT2D eigenvalue weighted by molar-refractivity contribution is 0.411. The lowest BCUT2D eigenvalue weighted by Gasteiger charge is -2.23. The van der Waals surface area contributed by atoms with Crippen LogP contribution < -0.4 is 5.32 Å². The smallest absolute Gasteiger partial charge is 0.137 e. The van der Waals surface area contributed by atoms with Crippen molar-refractivity contribution in [2.24, 2.45) is 0 Å². The van der Waals surface area contributed by atoms with Crippen molar-refractivity contribution in [1.82, 2.24) is 5.32 Å². The Morgan fingerprint density at radius 2 is 2.21 bits per heavy atom. The Balaban J connectivity index is 2.18. The highest BCUT2D eigenvalue weighted by molar-refractivity contribution is 9.10. The molecule has 1 N–H and O–H groups in total. The molecule has 76 valence electrons. The van der Waals surface area contributed by atoms with Crippen LogP contribution in [0, 0.1) is 5.82 Å². The first-order valence-corrected chi connectivity index (χ1v) is 5.75. The van der Waals surface area contributed by atoms with Crippen LogP contribution >= 0.6 is 15.9 Å². The highest BCUT2D eigenvalue weighted by Crippen LogP contribution is 2.25. The summed E-state index contributed by atoms with van der Waals surface area (Å²) in [6.07, 6.45) is 3.58. The molecule has 0 amide bonds. The zero-order valence-electron chi connectivity index (χ0n) is 7.89. The predicted octanol–water partition coefficient (Wildman–Crippen LogP) is 3.40. The Kier molecular flexibility index (Phi) is 3.19. The Morgan fingerprint density at radius 3 is 2.86 bits per heavy atom. The molecule has 1 atom stereocenters. The van der Waals surface area contributed by atoms with Gasteiger partial charge in [0.15, 0.2) is 0 Å². The summed E-state index contributed by atoms with van der Waals surface area (Å²) < 4.78 is 13.8.